The molecule has 0 spiro atoms. The minimum atomic E-state index is -0.0476. The van der Waals surface area contributed by atoms with E-state index in [-0.39, 0.29) is 6.04 Å². The highest BCUT2D eigenvalue weighted by Gasteiger charge is 2.19. The van der Waals surface area contributed by atoms with Gasteiger partial charge >= 0.3 is 0 Å². The number of nitrogens with two attached hydrogens (primary N) is 1. The van der Waals surface area contributed by atoms with Crippen LogP contribution in [0.25, 0.3) is 11.0 Å². The molecule has 0 bridgehead atoms. The van der Waals surface area contributed by atoms with Gasteiger partial charge in [-0.3, -0.25) is 0 Å². The maximum absolute atomic E-state index is 6.30. The molecule has 0 saturated carbocycles. The highest BCUT2D eigenvalue weighted by atomic mass is 35.5. The lowest BCUT2D eigenvalue weighted by Crippen LogP contribution is -2.10. The Morgan fingerprint density at radius 1 is 1.05 bits per heavy atom. The Morgan fingerprint density at radius 2 is 1.75 bits per heavy atom. The molecule has 5 heteroatoms. The fraction of sp³-hybridized carbons (Fsp3) is 0.133. The van der Waals surface area contributed by atoms with Crippen molar-refractivity contribution in [2.24, 2.45) is 0 Å². The van der Waals surface area contributed by atoms with E-state index < -0.39 is 0 Å². The Hall–Kier alpha value is -1.71. The number of benzene rings is 2. The molecule has 102 valence electrons. The number of anilines is 1. The third-order valence-corrected chi connectivity index (χ3v) is 4.08. The van der Waals surface area contributed by atoms with Gasteiger partial charge in [-0.15, -0.1) is 0 Å². The van der Waals surface area contributed by atoms with Crippen molar-refractivity contribution in [3.63, 3.8) is 0 Å². The van der Waals surface area contributed by atoms with E-state index in [4.69, 9.17) is 28.9 Å². The van der Waals surface area contributed by atoms with Gasteiger partial charge < -0.3 is 10.3 Å². The molecule has 0 radical (unpaired) electrons. The number of fused-ring (bicyclic) bond motifs is 1. The number of aromatic nitrogens is 2. The summed E-state index contributed by atoms with van der Waals surface area (Å²) in [4.78, 5) is 4.36. The highest BCUT2D eigenvalue weighted by molar-refractivity contribution is 6.35. The minimum absolute atomic E-state index is 0.0476. The Balaban J connectivity index is 2.24. The molecule has 3 aromatic rings. The molecule has 0 fully saturated rings. The van der Waals surface area contributed by atoms with Crippen LogP contribution >= 0.6 is 23.2 Å². The molecule has 0 amide bonds. The van der Waals surface area contributed by atoms with E-state index in [0.717, 1.165) is 16.6 Å². The molecular weight excluding hydrogens is 293 g/mol. The van der Waals surface area contributed by atoms with Crippen LogP contribution in [0.4, 0.5) is 5.95 Å². The smallest absolute Gasteiger partial charge is 0.201 e. The first-order valence-corrected chi connectivity index (χ1v) is 7.01. The van der Waals surface area contributed by atoms with Gasteiger partial charge in [0, 0.05) is 5.02 Å². The lowest BCUT2D eigenvalue weighted by molar-refractivity contribution is 0.668. The summed E-state index contributed by atoms with van der Waals surface area (Å²) in [5.41, 5.74) is 8.67. The van der Waals surface area contributed by atoms with Crippen LogP contribution in [-0.2, 0) is 0 Å². The molecule has 0 saturated heterocycles. The summed E-state index contributed by atoms with van der Waals surface area (Å²) in [5, 5.41) is 1.33. The van der Waals surface area contributed by atoms with Crippen LogP contribution in [0.5, 0.6) is 0 Å². The fourth-order valence-electron chi connectivity index (χ4n) is 2.47. The van der Waals surface area contributed by atoms with Crippen LogP contribution in [-0.4, -0.2) is 9.55 Å². The second-order valence-corrected chi connectivity index (χ2v) is 5.46. The highest BCUT2D eigenvalue weighted by Crippen LogP contribution is 2.33. The van der Waals surface area contributed by atoms with E-state index >= 15 is 0 Å². The Morgan fingerprint density at radius 3 is 2.50 bits per heavy atom. The molecule has 1 aromatic heterocycles. The average Bonchev–Trinajstić information content (AvgIpc) is 2.76. The number of hydrogen-bond donors (Lipinski definition) is 1. The first-order valence-electron chi connectivity index (χ1n) is 6.26. The molecule has 3 rings (SSSR count). The summed E-state index contributed by atoms with van der Waals surface area (Å²) in [7, 11) is 0. The van der Waals surface area contributed by atoms with Crippen LogP contribution in [0.2, 0.25) is 10.0 Å². The molecular formula is C15H13Cl2N3. The average molecular weight is 306 g/mol. The maximum Gasteiger partial charge on any atom is 0.201 e. The zero-order valence-corrected chi connectivity index (χ0v) is 12.4. The predicted molar refractivity (Wildman–Crippen MR) is 84.4 cm³/mol. The minimum Gasteiger partial charge on any atom is -0.369 e. The van der Waals surface area contributed by atoms with Crippen LogP contribution < -0.4 is 5.73 Å². The second kappa shape index (κ2) is 5.00. The molecule has 3 nitrogen and oxygen atoms in total. The number of halogens is 2. The van der Waals surface area contributed by atoms with Gasteiger partial charge in [-0.25, -0.2) is 4.98 Å². The van der Waals surface area contributed by atoms with Crippen molar-refractivity contribution in [3.8, 4) is 0 Å². The predicted octanol–water partition coefficient (Wildman–Crippen LogP) is 4.53. The van der Waals surface area contributed by atoms with Gasteiger partial charge in [0.2, 0.25) is 5.95 Å². The quantitative estimate of drug-likeness (QED) is 0.755. The van der Waals surface area contributed by atoms with Crippen LogP contribution in [0.3, 0.4) is 0 Å². The number of imidazole rings is 1. The molecule has 2 aromatic carbocycles. The van der Waals surface area contributed by atoms with Crippen molar-refractivity contribution in [2.45, 2.75) is 13.0 Å². The second-order valence-electron chi connectivity index (χ2n) is 4.65. The number of rotatable bonds is 2. The summed E-state index contributed by atoms with van der Waals surface area (Å²) < 4.78 is 1.92. The Bertz CT molecular complexity index is 780. The van der Waals surface area contributed by atoms with Gasteiger partial charge in [-0.2, -0.15) is 0 Å². The molecule has 20 heavy (non-hydrogen) atoms. The molecule has 2 N–H and O–H groups in total. The number of para-hydroxylation sites is 1. The normalized spacial score (nSPS) is 12.8. The van der Waals surface area contributed by atoms with Crippen molar-refractivity contribution in [3.05, 3.63) is 58.1 Å². The SMILES string of the molecule is CC(c1ccccc1Cl)n1c(N)nc2cccc(Cl)c21. The molecule has 0 aliphatic rings. The zero-order chi connectivity index (χ0) is 14.3. The molecule has 0 aliphatic heterocycles. The van der Waals surface area contributed by atoms with Crippen LogP contribution in [0, 0.1) is 0 Å². The maximum atomic E-state index is 6.30. The number of nitrogens with zero attached hydrogens (tertiary/aromatic N) is 2. The summed E-state index contributed by atoms with van der Waals surface area (Å²) in [5.74, 6) is 0.431. The van der Waals surface area contributed by atoms with Crippen molar-refractivity contribution in [1.82, 2.24) is 9.55 Å². The molecule has 1 unspecified atom stereocenters. The first kappa shape index (κ1) is 13.3. The third kappa shape index (κ3) is 2.03. The van der Waals surface area contributed by atoms with E-state index in [9.17, 15) is 0 Å². The van der Waals surface area contributed by atoms with Crippen molar-refractivity contribution < 1.29 is 0 Å². The summed E-state index contributed by atoms with van der Waals surface area (Å²) in [6.45, 7) is 2.03. The van der Waals surface area contributed by atoms with Crippen molar-refractivity contribution in [1.29, 1.82) is 0 Å². The number of hydrogen-bond acceptors (Lipinski definition) is 2. The molecule has 1 atom stereocenters. The monoisotopic (exact) mass is 305 g/mol. The lowest BCUT2D eigenvalue weighted by Gasteiger charge is -2.18. The van der Waals surface area contributed by atoms with Crippen LogP contribution in [0.1, 0.15) is 18.5 Å². The van der Waals surface area contributed by atoms with E-state index in [2.05, 4.69) is 4.98 Å². The van der Waals surface area contributed by atoms with Gasteiger partial charge in [0.25, 0.3) is 0 Å². The van der Waals surface area contributed by atoms with Gasteiger partial charge in [-0.1, -0.05) is 47.5 Å². The van der Waals surface area contributed by atoms with E-state index in [0.29, 0.717) is 16.0 Å². The van der Waals surface area contributed by atoms with Crippen molar-refractivity contribution >= 4 is 40.2 Å². The summed E-state index contributed by atoms with van der Waals surface area (Å²) in [6.07, 6.45) is 0. The zero-order valence-electron chi connectivity index (χ0n) is 10.8. The lowest BCUT2D eigenvalue weighted by atomic mass is 10.1. The summed E-state index contributed by atoms with van der Waals surface area (Å²) in [6, 6.07) is 13.2. The third-order valence-electron chi connectivity index (χ3n) is 3.43. The van der Waals surface area contributed by atoms with Crippen molar-refractivity contribution in [2.75, 3.05) is 5.73 Å². The fourth-order valence-corrected chi connectivity index (χ4v) is 3.02. The van der Waals surface area contributed by atoms with Gasteiger partial charge in [0.1, 0.15) is 0 Å². The van der Waals surface area contributed by atoms with Crippen LogP contribution in [0.15, 0.2) is 42.5 Å². The number of nitrogen functional groups attached to an aromatic ring is 1. The Labute approximate surface area is 126 Å². The van der Waals surface area contributed by atoms with E-state index in [1.807, 2.05) is 54.0 Å². The van der Waals surface area contributed by atoms with E-state index in [1.54, 1.807) is 0 Å². The molecule has 1 heterocycles. The van der Waals surface area contributed by atoms with Gasteiger partial charge in [-0.05, 0) is 30.7 Å². The van der Waals surface area contributed by atoms with E-state index in [1.165, 1.54) is 0 Å². The van der Waals surface area contributed by atoms with Gasteiger partial charge in [0.15, 0.2) is 0 Å². The largest absolute Gasteiger partial charge is 0.369 e. The molecule has 0 aliphatic carbocycles. The first-order chi connectivity index (χ1) is 9.59. The Kier molecular flexibility index (Phi) is 3.32. The van der Waals surface area contributed by atoms with Gasteiger partial charge in [0.05, 0.1) is 22.1 Å². The topological polar surface area (TPSA) is 43.8 Å². The summed E-state index contributed by atoms with van der Waals surface area (Å²) >= 11 is 12.6. The standard InChI is InChI=1S/C15H13Cl2N3/c1-9(10-5-2-3-6-11(10)16)20-14-12(17)7-4-8-13(14)19-15(20)18/h2-9H,1H3,(H2,18,19).